The van der Waals surface area contributed by atoms with E-state index in [1.165, 1.54) is 17.5 Å². The average molecular weight is 437 g/mol. The fourth-order valence-electron chi connectivity index (χ4n) is 1.62. The number of para-hydroxylation sites is 1. The number of nitriles is 1. The third kappa shape index (κ3) is 7.92. The van der Waals surface area contributed by atoms with Crippen molar-refractivity contribution in [3.05, 3.63) is 65.7 Å². The number of aliphatic hydroxyl groups is 1. The first-order valence-electron chi connectivity index (χ1n) is 6.72. The summed E-state index contributed by atoms with van der Waals surface area (Å²) in [7, 11) is 0. The molecule has 0 bridgehead atoms. The number of thiocyanates is 1. The second-order valence-corrected chi connectivity index (χ2v) is 4.90. The topological polar surface area (TPSA) is 118 Å². The molecule has 0 saturated carbocycles. The number of nitrogens with one attached hydrogen (secondary N) is 2. The molecule has 0 fully saturated rings. The van der Waals surface area contributed by atoms with Gasteiger partial charge in [-0.3, -0.25) is 10.1 Å². The molecule has 0 atom stereocenters. The van der Waals surface area contributed by atoms with Gasteiger partial charge in [0.05, 0.1) is 5.56 Å². The van der Waals surface area contributed by atoms with Crippen LogP contribution in [0.4, 0.5) is 0 Å². The minimum Gasteiger partial charge on any atom is -0.696 e. The predicted octanol–water partition coefficient (Wildman–Crippen LogP) is 1.93. The van der Waals surface area contributed by atoms with E-state index in [0.717, 1.165) is 0 Å². The molecule has 2 rings (SSSR count). The molecule has 0 radical (unpaired) electrons. The third-order valence-electron chi connectivity index (χ3n) is 2.67. The number of phenols is 1. The van der Waals surface area contributed by atoms with Gasteiger partial charge in [-0.15, -0.1) is 5.10 Å². The van der Waals surface area contributed by atoms with Crippen LogP contribution in [0, 0.1) is 10.7 Å². The molecule has 0 aromatic heterocycles. The van der Waals surface area contributed by atoms with Gasteiger partial charge in [0.1, 0.15) is 5.75 Å². The quantitative estimate of drug-likeness (QED) is 0.110. The number of nitrogens with zero attached hydrogens (tertiary/aromatic N) is 2. The van der Waals surface area contributed by atoms with Crippen LogP contribution >= 0.6 is 12.2 Å². The van der Waals surface area contributed by atoms with E-state index in [4.69, 9.17) is 17.5 Å². The summed E-state index contributed by atoms with van der Waals surface area (Å²) in [4.78, 5) is 11.8. The summed E-state index contributed by atoms with van der Waals surface area (Å²) in [6.45, 7) is 0. The van der Waals surface area contributed by atoms with Crippen molar-refractivity contribution in [1.29, 1.82) is 5.26 Å². The molecule has 0 heterocycles. The summed E-state index contributed by atoms with van der Waals surface area (Å²) in [6.07, 6.45) is 0. The number of hydrogen-bond donors (Lipinski definition) is 4. The van der Waals surface area contributed by atoms with Gasteiger partial charge in [-0.2, -0.15) is 0 Å². The van der Waals surface area contributed by atoms with Gasteiger partial charge in [-0.25, -0.2) is 10.7 Å². The summed E-state index contributed by atoms with van der Waals surface area (Å²) < 4.78 is 0. The van der Waals surface area contributed by atoms with Crippen LogP contribution in [0.15, 0.2) is 59.7 Å². The van der Waals surface area contributed by atoms with Crippen LogP contribution in [0.2, 0.25) is 0 Å². The molecule has 0 aliphatic rings. The molecule has 0 spiro atoms. The summed E-state index contributed by atoms with van der Waals surface area (Å²) in [5.74, 6) is -0.963. The van der Waals surface area contributed by atoms with Gasteiger partial charge in [0.2, 0.25) is 5.90 Å². The van der Waals surface area contributed by atoms with Crippen molar-refractivity contribution >= 4 is 41.8 Å². The molecule has 0 saturated heterocycles. The Bertz CT molecular complexity index is 811. The van der Waals surface area contributed by atoms with Crippen LogP contribution in [0.5, 0.6) is 5.75 Å². The SMILES string of the molecule is N#C[S-].O=C(NC(=S)N/N=C(\O)c1ccccc1O)c1ccccc1.[Cu+]. The Hall–Kier alpha value is -2.70. The van der Waals surface area contributed by atoms with Gasteiger partial charge in [-0.05, 0) is 36.5 Å². The Morgan fingerprint density at radius 1 is 1.15 bits per heavy atom. The molecule has 2 aromatic carbocycles. The largest absolute Gasteiger partial charge is 1.00 e. The smallest absolute Gasteiger partial charge is 0.696 e. The van der Waals surface area contributed by atoms with E-state index in [2.05, 4.69) is 28.5 Å². The predicted molar refractivity (Wildman–Crippen MR) is 99.9 cm³/mol. The van der Waals surface area contributed by atoms with Crippen molar-refractivity contribution in [2.45, 2.75) is 0 Å². The standard InChI is InChI=1S/C15H13N3O3S.CHNS.Cu/c19-12-9-5-4-8-11(12)14(21)17-18-15(22)16-13(20)10-6-2-1-3-7-10;2-1-3;/h1-9,19H,(H,17,21)(H2,16,18,20,22);3H;/q;;+1/p-1. The molecule has 138 valence electrons. The molecule has 26 heavy (non-hydrogen) atoms. The number of hydrogen-bond acceptors (Lipinski definition) is 6. The van der Waals surface area contributed by atoms with E-state index < -0.39 is 11.8 Å². The average Bonchev–Trinajstić information content (AvgIpc) is 2.61. The first kappa shape index (κ1) is 23.3. The molecular formula is C16H13CuN4O3S2. The first-order valence-corrected chi connectivity index (χ1v) is 7.53. The molecule has 0 aliphatic carbocycles. The Kier molecular flexibility index (Phi) is 11.3. The Labute approximate surface area is 171 Å². The van der Waals surface area contributed by atoms with E-state index in [0.29, 0.717) is 5.56 Å². The number of aromatic hydroxyl groups is 1. The summed E-state index contributed by atoms with van der Waals surface area (Å²) in [5, 5.41) is 33.7. The third-order valence-corrected chi connectivity index (χ3v) is 2.86. The minimum atomic E-state index is -0.450. The van der Waals surface area contributed by atoms with Crippen molar-refractivity contribution in [2.24, 2.45) is 5.10 Å². The number of rotatable bonds is 3. The first-order chi connectivity index (χ1) is 12.0. The van der Waals surface area contributed by atoms with E-state index in [9.17, 15) is 15.0 Å². The van der Waals surface area contributed by atoms with Crippen LogP contribution in [0.25, 0.3) is 0 Å². The monoisotopic (exact) mass is 436 g/mol. The van der Waals surface area contributed by atoms with Gasteiger partial charge in [0.15, 0.2) is 5.11 Å². The van der Waals surface area contributed by atoms with Gasteiger partial charge in [0, 0.05) is 5.56 Å². The second kappa shape index (κ2) is 12.6. The molecule has 2 aromatic rings. The molecule has 7 nitrogen and oxygen atoms in total. The van der Waals surface area contributed by atoms with Crippen molar-refractivity contribution in [1.82, 2.24) is 10.7 Å². The molecule has 1 amide bonds. The zero-order valence-electron chi connectivity index (χ0n) is 13.0. The van der Waals surface area contributed by atoms with E-state index in [1.54, 1.807) is 42.5 Å². The zero-order chi connectivity index (χ0) is 18.7. The maximum Gasteiger partial charge on any atom is 1.00 e. The van der Waals surface area contributed by atoms with Crippen molar-refractivity contribution < 1.29 is 32.1 Å². The molecule has 4 N–H and O–H groups in total. The van der Waals surface area contributed by atoms with E-state index >= 15 is 0 Å². The van der Waals surface area contributed by atoms with Gasteiger partial charge in [0.25, 0.3) is 5.91 Å². The summed E-state index contributed by atoms with van der Waals surface area (Å²) >= 11 is 8.61. The summed E-state index contributed by atoms with van der Waals surface area (Å²) in [6, 6.07) is 14.7. The molecule has 10 heteroatoms. The van der Waals surface area contributed by atoms with E-state index in [1.807, 2.05) is 0 Å². The number of thiocarbonyl (C=S) groups is 1. The van der Waals surface area contributed by atoms with Crippen LogP contribution in [-0.4, -0.2) is 27.1 Å². The Balaban J connectivity index is 0.00000146. The van der Waals surface area contributed by atoms with E-state index in [-0.39, 0.29) is 33.5 Å². The number of benzene rings is 2. The molecular weight excluding hydrogens is 424 g/mol. The number of hydrazone groups is 1. The van der Waals surface area contributed by atoms with Crippen molar-refractivity contribution in [2.75, 3.05) is 0 Å². The van der Waals surface area contributed by atoms with Crippen molar-refractivity contribution in [3.8, 4) is 11.2 Å². The number of phenolic OH excluding ortho intramolecular Hbond substituents is 1. The maximum atomic E-state index is 11.8. The van der Waals surface area contributed by atoms with Gasteiger partial charge >= 0.3 is 17.1 Å². The number of carbonyl (C=O) groups is 1. The normalized spacial score (nSPS) is 9.42. The van der Waals surface area contributed by atoms with Crippen LogP contribution in [0.1, 0.15) is 15.9 Å². The fourth-order valence-corrected chi connectivity index (χ4v) is 1.76. The number of aliphatic hydroxyl groups excluding tert-OH is 1. The van der Waals surface area contributed by atoms with Crippen LogP contribution < -0.4 is 10.7 Å². The molecule has 0 aliphatic heterocycles. The van der Waals surface area contributed by atoms with Crippen LogP contribution in [-0.2, 0) is 29.7 Å². The maximum absolute atomic E-state index is 11.8. The Morgan fingerprint density at radius 2 is 1.69 bits per heavy atom. The number of carbonyl (C=O) groups excluding carboxylic acids is 1. The summed E-state index contributed by atoms with van der Waals surface area (Å²) in [5.41, 5.74) is 2.93. The zero-order valence-corrected chi connectivity index (χ0v) is 15.6. The van der Waals surface area contributed by atoms with Gasteiger partial charge < -0.3 is 22.8 Å². The molecule has 0 unspecified atom stereocenters. The van der Waals surface area contributed by atoms with Crippen LogP contribution in [0.3, 0.4) is 0 Å². The number of amides is 1. The van der Waals surface area contributed by atoms with Gasteiger partial charge in [-0.1, -0.05) is 35.7 Å². The second-order valence-electron chi connectivity index (χ2n) is 4.30. The fraction of sp³-hybridized carbons (Fsp3) is 0. The van der Waals surface area contributed by atoms with Crippen molar-refractivity contribution in [3.63, 3.8) is 0 Å². The minimum absolute atomic E-state index is 0. The Morgan fingerprint density at radius 3 is 2.27 bits per heavy atom.